The number of methoxy groups -OCH3 is 1. The Kier molecular flexibility index (Phi) is 6.85. The molecule has 0 radical (unpaired) electrons. The van der Waals surface area contributed by atoms with Gasteiger partial charge in [0.1, 0.15) is 12.2 Å². The Morgan fingerprint density at radius 2 is 1.89 bits per heavy atom. The Balaban J connectivity index is 1.44. The van der Waals surface area contributed by atoms with Crippen LogP contribution in [0.1, 0.15) is 36.8 Å². The third-order valence-corrected chi connectivity index (χ3v) is 7.07. The quantitative estimate of drug-likeness (QED) is 0.270. The molecule has 3 aromatic rings. The largest absolute Gasteiger partial charge is 0.485 e. The summed E-state index contributed by atoms with van der Waals surface area (Å²) in [7, 11) is 1.28. The van der Waals surface area contributed by atoms with Gasteiger partial charge in [-0.3, -0.25) is 4.79 Å². The minimum atomic E-state index is -1.62. The third-order valence-electron chi connectivity index (χ3n) is 7.07. The lowest BCUT2D eigenvalue weighted by atomic mass is 9.87. The van der Waals surface area contributed by atoms with Gasteiger partial charge in [-0.25, -0.2) is 0 Å². The number of aromatic nitrogens is 1. The van der Waals surface area contributed by atoms with Crippen molar-refractivity contribution in [3.63, 3.8) is 0 Å². The molecule has 196 valence electrons. The van der Waals surface area contributed by atoms with Gasteiger partial charge in [-0.05, 0) is 42.9 Å². The Morgan fingerprint density at radius 3 is 2.63 bits per heavy atom. The van der Waals surface area contributed by atoms with Crippen LogP contribution in [0.2, 0.25) is 0 Å². The average Bonchev–Trinajstić information content (AvgIpc) is 3.52. The maximum Gasteiger partial charge on any atom is 0.309 e. The first-order valence-electron chi connectivity index (χ1n) is 12.0. The van der Waals surface area contributed by atoms with E-state index in [1.54, 1.807) is 0 Å². The van der Waals surface area contributed by atoms with Crippen LogP contribution in [-0.2, 0) is 16.1 Å². The molecule has 2 aromatic carbocycles. The lowest BCUT2D eigenvalue weighted by Gasteiger charge is -2.30. The van der Waals surface area contributed by atoms with Crippen molar-refractivity contribution in [2.45, 2.75) is 37.9 Å². The summed E-state index contributed by atoms with van der Waals surface area (Å²) in [6, 6.07) is 15.3. The molecular weight excluding hydrogens is 501 g/mol. The van der Waals surface area contributed by atoms with Crippen LogP contribution in [0.5, 0.6) is 23.1 Å². The van der Waals surface area contributed by atoms with Gasteiger partial charge in [0.15, 0.2) is 11.5 Å². The molecule has 5 rings (SSSR count). The van der Waals surface area contributed by atoms with E-state index < -0.39 is 46.7 Å². The van der Waals surface area contributed by atoms with Crippen LogP contribution in [0.25, 0.3) is 0 Å². The van der Waals surface area contributed by atoms with E-state index >= 15 is 4.39 Å². The summed E-state index contributed by atoms with van der Waals surface area (Å²) in [5.74, 6) is -7.31. The number of ether oxygens (including phenoxy) is 4. The van der Waals surface area contributed by atoms with Crippen molar-refractivity contribution in [2.24, 2.45) is 11.8 Å². The number of fused-ring (bicyclic) bond motifs is 2. The standard InChI is InChI=1S/C28H23F3N2O5/c1-35-27(34)19-13-28(10-9-18(19)12-28)38-24-22(29)25(31)33-26(23(24)30)37-21-11-17(14-32)7-8-20(21)36-15-16-5-3-2-4-6-16/h2-8,11,18-19H,9-10,12-13,15H2,1H3. The normalized spacial score (nSPS) is 21.6. The molecule has 2 saturated carbocycles. The number of hydrogen-bond donors (Lipinski definition) is 0. The predicted octanol–water partition coefficient (Wildman–Crippen LogP) is 5.85. The molecule has 0 saturated heterocycles. The topological polar surface area (TPSA) is 90.7 Å². The summed E-state index contributed by atoms with van der Waals surface area (Å²) in [6.07, 6.45) is 1.65. The highest BCUT2D eigenvalue weighted by Crippen LogP contribution is 2.54. The minimum absolute atomic E-state index is 0.0472. The Morgan fingerprint density at radius 1 is 1.11 bits per heavy atom. The summed E-state index contributed by atoms with van der Waals surface area (Å²) in [4.78, 5) is 15.4. The fourth-order valence-corrected chi connectivity index (χ4v) is 5.25. The van der Waals surface area contributed by atoms with E-state index in [4.69, 9.17) is 18.9 Å². The van der Waals surface area contributed by atoms with Crippen molar-refractivity contribution in [1.29, 1.82) is 5.26 Å². The van der Waals surface area contributed by atoms with Gasteiger partial charge in [-0.1, -0.05) is 30.3 Å². The summed E-state index contributed by atoms with van der Waals surface area (Å²) >= 11 is 0. The summed E-state index contributed by atoms with van der Waals surface area (Å²) < 4.78 is 66.8. The molecule has 0 spiro atoms. The number of pyridine rings is 1. The van der Waals surface area contributed by atoms with E-state index in [0.29, 0.717) is 19.3 Å². The molecule has 2 aliphatic carbocycles. The molecule has 3 unspecified atom stereocenters. The monoisotopic (exact) mass is 524 g/mol. The van der Waals surface area contributed by atoms with Gasteiger partial charge in [0.05, 0.1) is 24.7 Å². The minimum Gasteiger partial charge on any atom is -0.485 e. The fourth-order valence-electron chi connectivity index (χ4n) is 5.25. The highest BCUT2D eigenvalue weighted by atomic mass is 19.2. The Labute approximate surface area is 216 Å². The first-order valence-corrected chi connectivity index (χ1v) is 12.0. The number of nitriles is 1. The van der Waals surface area contributed by atoms with Crippen LogP contribution in [0, 0.1) is 40.7 Å². The van der Waals surface area contributed by atoms with E-state index in [2.05, 4.69) is 4.98 Å². The number of esters is 1. The van der Waals surface area contributed by atoms with Gasteiger partial charge in [0.25, 0.3) is 11.8 Å². The fraction of sp³-hybridized carbons (Fsp3) is 0.321. The van der Waals surface area contributed by atoms with Crippen molar-refractivity contribution in [3.8, 4) is 29.2 Å². The first kappa shape index (κ1) is 25.4. The average molecular weight is 524 g/mol. The SMILES string of the molecule is COC(=O)C1CC2(Oc3c(F)c(F)nc(Oc4cc(C#N)ccc4OCc4ccccc4)c3F)CCC1C2. The highest BCUT2D eigenvalue weighted by molar-refractivity contribution is 5.73. The van der Waals surface area contributed by atoms with Crippen LogP contribution < -0.4 is 14.2 Å². The van der Waals surface area contributed by atoms with E-state index in [1.807, 2.05) is 36.4 Å². The van der Waals surface area contributed by atoms with E-state index in [0.717, 1.165) is 5.56 Å². The zero-order chi connectivity index (χ0) is 26.9. The third kappa shape index (κ3) is 4.84. The van der Waals surface area contributed by atoms with Crippen molar-refractivity contribution in [3.05, 3.63) is 77.2 Å². The number of carbonyl (C=O) groups is 1. The molecule has 2 aliphatic rings. The van der Waals surface area contributed by atoms with Crippen LogP contribution in [0.3, 0.4) is 0 Å². The van der Waals surface area contributed by atoms with Gasteiger partial charge >= 0.3 is 5.97 Å². The second-order valence-electron chi connectivity index (χ2n) is 9.44. The predicted molar refractivity (Wildman–Crippen MR) is 127 cm³/mol. The summed E-state index contributed by atoms with van der Waals surface area (Å²) in [6.45, 7) is 0.135. The number of nitrogens with zero attached hydrogens (tertiary/aromatic N) is 2. The molecule has 0 aliphatic heterocycles. The number of halogens is 3. The molecule has 1 aromatic heterocycles. The molecule has 10 heteroatoms. The van der Waals surface area contributed by atoms with Gasteiger partial charge < -0.3 is 18.9 Å². The summed E-state index contributed by atoms with van der Waals surface area (Å²) in [5.41, 5.74) is -0.0326. The van der Waals surface area contributed by atoms with Crippen LogP contribution in [0.15, 0.2) is 48.5 Å². The highest BCUT2D eigenvalue weighted by Gasteiger charge is 2.56. The lowest BCUT2D eigenvalue weighted by Crippen LogP contribution is -2.35. The molecule has 0 N–H and O–H groups in total. The van der Waals surface area contributed by atoms with E-state index in [1.165, 1.54) is 25.3 Å². The van der Waals surface area contributed by atoms with Crippen molar-refractivity contribution < 1.29 is 36.9 Å². The number of benzene rings is 2. The number of hydrogen-bond acceptors (Lipinski definition) is 7. The zero-order valence-corrected chi connectivity index (χ0v) is 20.4. The van der Waals surface area contributed by atoms with E-state index in [-0.39, 0.29) is 36.0 Å². The number of rotatable bonds is 8. The zero-order valence-electron chi connectivity index (χ0n) is 20.4. The molecule has 3 atom stereocenters. The van der Waals surface area contributed by atoms with Crippen molar-refractivity contribution in [1.82, 2.24) is 4.98 Å². The first-order chi connectivity index (χ1) is 18.3. The lowest BCUT2D eigenvalue weighted by molar-refractivity contribution is -0.148. The maximum atomic E-state index is 15.5. The molecule has 1 heterocycles. The molecule has 7 nitrogen and oxygen atoms in total. The van der Waals surface area contributed by atoms with Gasteiger partial charge in [-0.2, -0.15) is 23.4 Å². The Hall–Kier alpha value is -4.26. The van der Waals surface area contributed by atoms with Crippen LogP contribution in [0.4, 0.5) is 13.2 Å². The molecule has 2 bridgehead atoms. The van der Waals surface area contributed by atoms with Crippen LogP contribution in [-0.4, -0.2) is 23.7 Å². The Bertz CT molecular complexity index is 1410. The molecule has 0 amide bonds. The molecular formula is C28H23F3N2O5. The second kappa shape index (κ2) is 10.2. The maximum absolute atomic E-state index is 15.5. The molecule has 38 heavy (non-hydrogen) atoms. The second-order valence-corrected chi connectivity index (χ2v) is 9.44. The number of carbonyl (C=O) groups excluding carboxylic acids is 1. The van der Waals surface area contributed by atoms with Gasteiger partial charge in [0.2, 0.25) is 17.4 Å². The molecule has 2 fully saturated rings. The van der Waals surface area contributed by atoms with Crippen molar-refractivity contribution >= 4 is 5.97 Å². The van der Waals surface area contributed by atoms with Gasteiger partial charge in [-0.15, -0.1) is 0 Å². The summed E-state index contributed by atoms with van der Waals surface area (Å²) in [5, 5.41) is 9.30. The van der Waals surface area contributed by atoms with Crippen molar-refractivity contribution in [2.75, 3.05) is 7.11 Å². The van der Waals surface area contributed by atoms with Crippen LogP contribution >= 0.6 is 0 Å². The van der Waals surface area contributed by atoms with Gasteiger partial charge in [0, 0.05) is 12.5 Å². The smallest absolute Gasteiger partial charge is 0.309 e. The van der Waals surface area contributed by atoms with E-state index in [9.17, 15) is 18.8 Å².